The van der Waals surface area contributed by atoms with Crippen LogP contribution in [0, 0.1) is 40.9 Å². The molecule has 0 heterocycles. The van der Waals surface area contributed by atoms with E-state index in [2.05, 4.69) is 27.7 Å². The highest BCUT2D eigenvalue weighted by molar-refractivity contribution is 5.46. The minimum Gasteiger partial charge on any atom is -0.508 e. The standard InChI is InChI=1S/C27H40O4/c1-16-12-19(28)13-18(22(16)29)14-27(31)17(2)6-7-20-23(3)10-11-26(30)15-25(26,5)21(23)8-9-24(20,27)4/h12-13,17,20-21,28-31H,6-11,14-15H2,1-5H3/t17-,20+,21+,23+,24+,25-,26+,27-/m0/s1. The average molecular weight is 429 g/mol. The van der Waals surface area contributed by atoms with Gasteiger partial charge in [0, 0.05) is 22.8 Å². The van der Waals surface area contributed by atoms with Crippen molar-refractivity contribution in [3.63, 3.8) is 0 Å². The first kappa shape index (κ1) is 21.6. The van der Waals surface area contributed by atoms with E-state index in [1.807, 2.05) is 0 Å². The van der Waals surface area contributed by atoms with E-state index in [0.717, 1.165) is 44.9 Å². The van der Waals surface area contributed by atoms with Crippen molar-refractivity contribution in [3.05, 3.63) is 23.3 Å². The van der Waals surface area contributed by atoms with Gasteiger partial charge in [0.15, 0.2) is 0 Å². The number of phenols is 2. The van der Waals surface area contributed by atoms with Gasteiger partial charge in [-0.15, -0.1) is 0 Å². The van der Waals surface area contributed by atoms with Gasteiger partial charge in [0.05, 0.1) is 11.2 Å². The van der Waals surface area contributed by atoms with E-state index in [4.69, 9.17) is 0 Å². The summed E-state index contributed by atoms with van der Waals surface area (Å²) in [6.45, 7) is 11.0. The van der Waals surface area contributed by atoms with Crippen molar-refractivity contribution in [1.29, 1.82) is 0 Å². The van der Waals surface area contributed by atoms with Crippen molar-refractivity contribution in [2.24, 2.45) is 34.0 Å². The Kier molecular flexibility index (Phi) is 4.31. The van der Waals surface area contributed by atoms with E-state index in [1.165, 1.54) is 0 Å². The van der Waals surface area contributed by atoms with E-state index < -0.39 is 11.2 Å². The molecule has 4 nitrogen and oxygen atoms in total. The maximum absolute atomic E-state index is 12.4. The molecule has 0 spiro atoms. The molecule has 1 aromatic carbocycles. The van der Waals surface area contributed by atoms with Crippen LogP contribution in [-0.4, -0.2) is 31.6 Å². The molecule has 5 rings (SSSR count). The molecule has 0 saturated heterocycles. The summed E-state index contributed by atoms with van der Waals surface area (Å²) in [4.78, 5) is 0. The normalized spacial score (nSPS) is 50.9. The van der Waals surface area contributed by atoms with Crippen LogP contribution in [0.2, 0.25) is 0 Å². The van der Waals surface area contributed by atoms with E-state index >= 15 is 0 Å². The Morgan fingerprint density at radius 1 is 0.903 bits per heavy atom. The van der Waals surface area contributed by atoms with Crippen LogP contribution < -0.4 is 0 Å². The van der Waals surface area contributed by atoms with Gasteiger partial charge in [-0.3, -0.25) is 0 Å². The molecular formula is C27H40O4. The molecule has 0 radical (unpaired) electrons. The molecular weight excluding hydrogens is 388 g/mol. The summed E-state index contributed by atoms with van der Waals surface area (Å²) < 4.78 is 0. The second-order valence-corrected chi connectivity index (χ2v) is 12.5. The largest absolute Gasteiger partial charge is 0.508 e. The Morgan fingerprint density at radius 3 is 2.29 bits per heavy atom. The molecule has 4 saturated carbocycles. The number of phenolic OH excluding ortho intramolecular Hbond substituents is 2. The third-order valence-electron chi connectivity index (χ3n) is 11.3. The first-order valence-electron chi connectivity index (χ1n) is 12.3. The lowest BCUT2D eigenvalue weighted by Gasteiger charge is -2.67. The summed E-state index contributed by atoms with van der Waals surface area (Å²) in [5.74, 6) is 1.35. The zero-order chi connectivity index (χ0) is 22.6. The number of benzene rings is 1. The van der Waals surface area contributed by atoms with Crippen LogP contribution in [-0.2, 0) is 6.42 Å². The summed E-state index contributed by atoms with van der Waals surface area (Å²) in [5.41, 5.74) is -0.227. The topological polar surface area (TPSA) is 80.9 Å². The van der Waals surface area contributed by atoms with Crippen LogP contribution in [0.4, 0.5) is 0 Å². The Hall–Kier alpha value is -1.26. The van der Waals surface area contributed by atoms with Gasteiger partial charge in [0.1, 0.15) is 11.5 Å². The fourth-order valence-corrected chi connectivity index (χ4v) is 9.19. The lowest BCUT2D eigenvalue weighted by Crippen LogP contribution is -2.66. The highest BCUT2D eigenvalue weighted by Gasteiger charge is 2.76. The lowest BCUT2D eigenvalue weighted by atomic mass is 9.38. The number of hydrogen-bond donors (Lipinski definition) is 4. The molecule has 0 bridgehead atoms. The monoisotopic (exact) mass is 428 g/mol. The zero-order valence-electron chi connectivity index (χ0n) is 19.8. The summed E-state index contributed by atoms with van der Waals surface area (Å²) >= 11 is 0. The molecule has 4 N–H and O–H groups in total. The van der Waals surface area contributed by atoms with Crippen molar-refractivity contribution in [2.45, 2.75) is 97.2 Å². The second kappa shape index (κ2) is 6.20. The fourth-order valence-electron chi connectivity index (χ4n) is 9.19. The smallest absolute Gasteiger partial charge is 0.122 e. The van der Waals surface area contributed by atoms with Gasteiger partial charge < -0.3 is 20.4 Å². The third kappa shape index (κ3) is 2.55. The molecule has 8 atom stereocenters. The highest BCUT2D eigenvalue weighted by atomic mass is 16.3. The lowest BCUT2D eigenvalue weighted by molar-refractivity contribution is -0.240. The number of rotatable bonds is 2. The van der Waals surface area contributed by atoms with Crippen molar-refractivity contribution in [1.82, 2.24) is 0 Å². The predicted octanol–water partition coefficient (Wildman–Crippen LogP) is 5.08. The average Bonchev–Trinajstić information content (AvgIpc) is 3.26. The van der Waals surface area contributed by atoms with Gasteiger partial charge >= 0.3 is 0 Å². The minimum atomic E-state index is -0.945. The fraction of sp³-hybridized carbons (Fsp3) is 0.778. The number of fused-ring (bicyclic) bond motifs is 5. The summed E-state index contributed by atoms with van der Waals surface area (Å²) in [7, 11) is 0. The number of hydrogen-bond acceptors (Lipinski definition) is 4. The van der Waals surface area contributed by atoms with Gasteiger partial charge in [-0.2, -0.15) is 0 Å². The van der Waals surface area contributed by atoms with Crippen LogP contribution in [0.1, 0.15) is 83.8 Å². The summed E-state index contributed by atoms with van der Waals surface area (Å²) in [6.07, 6.45) is 7.29. The van der Waals surface area contributed by atoms with Crippen LogP contribution in [0.15, 0.2) is 12.1 Å². The summed E-state index contributed by atoms with van der Waals surface area (Å²) in [6, 6.07) is 3.20. The SMILES string of the molecule is Cc1cc(O)cc(C[C@]2(O)[C@@H](C)CC[C@@H]3[C@@]4(C)CC[C@@]5(O)C[C@@]5(C)[C@@H]4CC[C@]32C)c1O. The molecule has 4 aliphatic carbocycles. The van der Waals surface area contributed by atoms with Crippen molar-refractivity contribution >= 4 is 0 Å². The van der Waals surface area contributed by atoms with Gasteiger partial charge in [0.25, 0.3) is 0 Å². The predicted molar refractivity (Wildman–Crippen MR) is 121 cm³/mol. The first-order chi connectivity index (χ1) is 14.3. The van der Waals surface area contributed by atoms with E-state index in [1.54, 1.807) is 19.1 Å². The van der Waals surface area contributed by atoms with Crippen LogP contribution in [0.3, 0.4) is 0 Å². The molecule has 1 aromatic rings. The number of aromatic hydroxyl groups is 2. The van der Waals surface area contributed by atoms with Gasteiger partial charge in [-0.25, -0.2) is 0 Å². The Balaban J connectivity index is 1.55. The molecule has 4 fully saturated rings. The Bertz CT molecular complexity index is 928. The van der Waals surface area contributed by atoms with Crippen molar-refractivity contribution in [2.75, 3.05) is 0 Å². The van der Waals surface area contributed by atoms with Gasteiger partial charge in [-0.05, 0) is 92.7 Å². The van der Waals surface area contributed by atoms with E-state index in [9.17, 15) is 20.4 Å². The number of aliphatic hydroxyl groups is 2. The van der Waals surface area contributed by atoms with Crippen molar-refractivity contribution in [3.8, 4) is 11.5 Å². The zero-order valence-corrected chi connectivity index (χ0v) is 19.8. The van der Waals surface area contributed by atoms with E-state index in [0.29, 0.717) is 29.4 Å². The quantitative estimate of drug-likeness (QED) is 0.495. The minimum absolute atomic E-state index is 0.0309. The molecule has 0 unspecified atom stereocenters. The molecule has 0 amide bonds. The summed E-state index contributed by atoms with van der Waals surface area (Å²) in [5, 5.41) is 44.3. The molecule has 4 aliphatic rings. The number of aryl methyl sites for hydroxylation is 1. The molecule has 0 aliphatic heterocycles. The van der Waals surface area contributed by atoms with Crippen LogP contribution in [0.25, 0.3) is 0 Å². The maximum atomic E-state index is 12.4. The Labute approximate surface area is 186 Å². The Morgan fingerprint density at radius 2 is 1.58 bits per heavy atom. The first-order valence-corrected chi connectivity index (χ1v) is 12.3. The van der Waals surface area contributed by atoms with Crippen LogP contribution >= 0.6 is 0 Å². The molecule has 172 valence electrons. The molecule has 31 heavy (non-hydrogen) atoms. The second-order valence-electron chi connectivity index (χ2n) is 12.5. The van der Waals surface area contributed by atoms with Crippen molar-refractivity contribution < 1.29 is 20.4 Å². The van der Waals surface area contributed by atoms with Gasteiger partial charge in [0.2, 0.25) is 0 Å². The maximum Gasteiger partial charge on any atom is 0.122 e. The van der Waals surface area contributed by atoms with Gasteiger partial charge in [-0.1, -0.05) is 27.7 Å². The van der Waals surface area contributed by atoms with Crippen LogP contribution in [0.5, 0.6) is 11.5 Å². The third-order valence-corrected chi connectivity index (χ3v) is 11.3. The van der Waals surface area contributed by atoms with E-state index in [-0.39, 0.29) is 33.7 Å². The molecule has 4 heteroatoms. The molecule has 0 aromatic heterocycles. The highest BCUT2D eigenvalue weighted by Crippen LogP contribution is 2.78.